The first kappa shape index (κ1) is 24.0. The van der Waals surface area contributed by atoms with Crippen molar-refractivity contribution in [1.29, 1.82) is 0 Å². The Morgan fingerprint density at radius 2 is 1.64 bits per heavy atom. The van der Waals surface area contributed by atoms with E-state index in [-0.39, 0.29) is 12.2 Å². The lowest BCUT2D eigenvalue weighted by Gasteiger charge is -2.15. The van der Waals surface area contributed by atoms with Gasteiger partial charge in [-0.15, -0.1) is 0 Å². The second-order valence-corrected chi connectivity index (χ2v) is 7.73. The Bertz CT molecular complexity index is 1190. The summed E-state index contributed by atoms with van der Waals surface area (Å²) in [7, 11) is 1.23. The number of carbonyl (C=O) groups excluding carboxylic acids is 2. The first-order valence-corrected chi connectivity index (χ1v) is 10.5. The number of aryl methyl sites for hydroxylation is 1. The molecule has 33 heavy (non-hydrogen) atoms. The quantitative estimate of drug-likeness (QED) is 0.381. The van der Waals surface area contributed by atoms with Crippen LogP contribution in [-0.2, 0) is 14.3 Å². The summed E-state index contributed by atoms with van der Waals surface area (Å²) in [6.45, 7) is 1.87. The molecule has 0 aliphatic heterocycles. The molecule has 1 atom stereocenters. The molecule has 0 aliphatic carbocycles. The molecule has 0 heterocycles. The standard InChI is InChI=1S/C25H23ClN2O5/c1-15-7-3-4-8-17(15)24(30)18-12-11-16(13-19(18)26)27-20-9-5-6-10-21(20)28-23(29)14-22(33-2)25(31)32/h3-13,22,27H,14H2,1-2H3,(H,28,29)(H,31,32). The average Bonchev–Trinajstić information content (AvgIpc) is 2.78. The van der Waals surface area contributed by atoms with E-state index in [1.54, 1.807) is 54.6 Å². The van der Waals surface area contributed by atoms with E-state index >= 15 is 0 Å². The summed E-state index contributed by atoms with van der Waals surface area (Å²) in [6, 6.07) is 19.3. The lowest BCUT2D eigenvalue weighted by atomic mass is 9.99. The number of carboxylic acid groups (broad SMARTS) is 1. The van der Waals surface area contributed by atoms with Crippen LogP contribution in [-0.4, -0.2) is 36.0 Å². The minimum atomic E-state index is -1.23. The third-order valence-electron chi connectivity index (χ3n) is 5.01. The van der Waals surface area contributed by atoms with Crippen LogP contribution in [0.15, 0.2) is 66.7 Å². The molecule has 3 N–H and O–H groups in total. The Labute approximate surface area is 196 Å². The van der Waals surface area contributed by atoms with E-state index in [9.17, 15) is 14.4 Å². The monoisotopic (exact) mass is 466 g/mol. The van der Waals surface area contributed by atoms with Crippen LogP contribution >= 0.6 is 11.6 Å². The van der Waals surface area contributed by atoms with E-state index in [4.69, 9.17) is 21.4 Å². The van der Waals surface area contributed by atoms with Gasteiger partial charge in [0.15, 0.2) is 11.9 Å². The number of rotatable bonds is 9. The van der Waals surface area contributed by atoms with Gasteiger partial charge in [-0.3, -0.25) is 9.59 Å². The topological polar surface area (TPSA) is 105 Å². The molecule has 0 saturated carbocycles. The Balaban J connectivity index is 1.77. The van der Waals surface area contributed by atoms with Gasteiger partial charge in [0.05, 0.1) is 22.8 Å². The van der Waals surface area contributed by atoms with Crippen molar-refractivity contribution in [2.75, 3.05) is 17.7 Å². The largest absolute Gasteiger partial charge is 0.479 e. The molecule has 1 amide bonds. The number of ketones is 1. The number of para-hydroxylation sites is 2. The van der Waals surface area contributed by atoms with Crippen molar-refractivity contribution in [2.24, 2.45) is 0 Å². The van der Waals surface area contributed by atoms with Gasteiger partial charge in [-0.25, -0.2) is 4.79 Å². The molecule has 3 rings (SSSR count). The summed E-state index contributed by atoms with van der Waals surface area (Å²) >= 11 is 6.42. The molecule has 170 valence electrons. The highest BCUT2D eigenvalue weighted by molar-refractivity contribution is 6.35. The van der Waals surface area contributed by atoms with Crippen LogP contribution in [0, 0.1) is 6.92 Å². The van der Waals surface area contributed by atoms with Crippen LogP contribution in [0.3, 0.4) is 0 Å². The van der Waals surface area contributed by atoms with Crippen molar-refractivity contribution >= 4 is 46.3 Å². The number of aliphatic carboxylic acids is 1. The highest BCUT2D eigenvalue weighted by Crippen LogP contribution is 2.29. The number of benzene rings is 3. The van der Waals surface area contributed by atoms with E-state index < -0.39 is 18.0 Å². The fraction of sp³-hybridized carbons (Fsp3) is 0.160. The second-order valence-electron chi connectivity index (χ2n) is 7.32. The van der Waals surface area contributed by atoms with Crippen LogP contribution in [0.2, 0.25) is 5.02 Å². The number of anilines is 3. The zero-order valence-electron chi connectivity index (χ0n) is 18.1. The molecular formula is C25H23ClN2O5. The van der Waals surface area contributed by atoms with Crippen LogP contribution in [0.5, 0.6) is 0 Å². The van der Waals surface area contributed by atoms with E-state index in [0.29, 0.717) is 33.2 Å². The third-order valence-corrected chi connectivity index (χ3v) is 5.33. The predicted octanol–water partition coefficient (Wildman–Crippen LogP) is 5.05. The molecular weight excluding hydrogens is 444 g/mol. The summed E-state index contributed by atoms with van der Waals surface area (Å²) < 4.78 is 4.81. The van der Waals surface area contributed by atoms with Gasteiger partial charge in [0.25, 0.3) is 0 Å². The molecule has 3 aromatic rings. The maximum atomic E-state index is 12.9. The Hall–Kier alpha value is -3.68. The van der Waals surface area contributed by atoms with Gasteiger partial charge in [-0.1, -0.05) is 48.0 Å². The summed E-state index contributed by atoms with van der Waals surface area (Å²) in [5, 5.41) is 15.2. The van der Waals surface area contributed by atoms with Crippen LogP contribution in [0.1, 0.15) is 27.9 Å². The number of carbonyl (C=O) groups is 3. The molecule has 0 fully saturated rings. The molecule has 0 spiro atoms. The van der Waals surface area contributed by atoms with Crippen molar-refractivity contribution in [3.8, 4) is 0 Å². The lowest BCUT2D eigenvalue weighted by Crippen LogP contribution is -2.28. The van der Waals surface area contributed by atoms with E-state index in [0.717, 1.165) is 5.56 Å². The number of nitrogens with one attached hydrogen (secondary N) is 2. The smallest absolute Gasteiger partial charge is 0.333 e. The summed E-state index contributed by atoms with van der Waals surface area (Å²) in [6.07, 6.45) is -1.57. The summed E-state index contributed by atoms with van der Waals surface area (Å²) in [5.74, 6) is -1.88. The van der Waals surface area contributed by atoms with Crippen LogP contribution in [0.25, 0.3) is 0 Å². The average molecular weight is 467 g/mol. The zero-order valence-corrected chi connectivity index (χ0v) is 18.8. The fourth-order valence-electron chi connectivity index (χ4n) is 3.25. The van der Waals surface area contributed by atoms with E-state index in [1.807, 2.05) is 19.1 Å². The molecule has 8 heteroatoms. The van der Waals surface area contributed by atoms with Gasteiger partial charge in [0, 0.05) is 23.9 Å². The molecule has 0 bridgehead atoms. The van der Waals surface area contributed by atoms with Crippen molar-refractivity contribution in [3.63, 3.8) is 0 Å². The Kier molecular flexibility index (Phi) is 7.82. The third kappa shape index (κ3) is 5.97. The first-order valence-electron chi connectivity index (χ1n) is 10.1. The number of amides is 1. The van der Waals surface area contributed by atoms with E-state index in [2.05, 4.69) is 10.6 Å². The van der Waals surface area contributed by atoms with Crippen LogP contribution < -0.4 is 10.6 Å². The summed E-state index contributed by atoms with van der Waals surface area (Å²) in [4.78, 5) is 36.3. The minimum absolute atomic E-state index is 0.163. The molecule has 7 nitrogen and oxygen atoms in total. The van der Waals surface area contributed by atoms with Gasteiger partial charge in [-0.05, 0) is 42.8 Å². The first-order chi connectivity index (χ1) is 15.8. The van der Waals surface area contributed by atoms with Gasteiger partial charge in [-0.2, -0.15) is 0 Å². The number of carboxylic acids is 1. The highest BCUT2D eigenvalue weighted by atomic mass is 35.5. The van der Waals surface area contributed by atoms with E-state index in [1.165, 1.54) is 7.11 Å². The van der Waals surface area contributed by atoms with Gasteiger partial charge in [0.1, 0.15) is 0 Å². The maximum Gasteiger partial charge on any atom is 0.333 e. The van der Waals surface area contributed by atoms with Crippen molar-refractivity contribution in [3.05, 3.63) is 88.4 Å². The number of hydrogen-bond acceptors (Lipinski definition) is 5. The van der Waals surface area contributed by atoms with Gasteiger partial charge < -0.3 is 20.5 Å². The van der Waals surface area contributed by atoms with Crippen molar-refractivity contribution in [1.82, 2.24) is 0 Å². The molecule has 0 aromatic heterocycles. The SMILES string of the molecule is COC(CC(=O)Nc1ccccc1Nc1ccc(C(=O)c2ccccc2C)c(Cl)c1)C(=O)O. The minimum Gasteiger partial charge on any atom is -0.479 e. The van der Waals surface area contributed by atoms with Gasteiger partial charge >= 0.3 is 5.97 Å². The highest BCUT2D eigenvalue weighted by Gasteiger charge is 2.21. The second kappa shape index (κ2) is 10.8. The molecule has 3 aromatic carbocycles. The van der Waals surface area contributed by atoms with Crippen molar-refractivity contribution < 1.29 is 24.2 Å². The number of hydrogen-bond donors (Lipinski definition) is 3. The lowest BCUT2D eigenvalue weighted by molar-refractivity contribution is -0.150. The molecule has 0 aliphatic rings. The number of ether oxygens (including phenoxy) is 1. The Morgan fingerprint density at radius 3 is 2.27 bits per heavy atom. The van der Waals surface area contributed by atoms with Crippen LogP contribution in [0.4, 0.5) is 17.1 Å². The number of halogens is 1. The van der Waals surface area contributed by atoms with Crippen molar-refractivity contribution in [2.45, 2.75) is 19.4 Å². The Morgan fingerprint density at radius 1 is 0.970 bits per heavy atom. The zero-order chi connectivity index (χ0) is 24.0. The summed E-state index contributed by atoms with van der Waals surface area (Å²) in [5.41, 5.74) is 3.48. The molecule has 0 radical (unpaired) electrons. The normalized spacial score (nSPS) is 11.5. The fourth-order valence-corrected chi connectivity index (χ4v) is 3.51. The maximum absolute atomic E-state index is 12.9. The number of methoxy groups -OCH3 is 1. The predicted molar refractivity (Wildman–Crippen MR) is 127 cm³/mol. The molecule has 0 saturated heterocycles. The van der Waals surface area contributed by atoms with Gasteiger partial charge in [0.2, 0.25) is 5.91 Å². The molecule has 1 unspecified atom stereocenters.